The fourth-order valence-corrected chi connectivity index (χ4v) is 2.85. The van der Waals surface area contributed by atoms with E-state index in [4.69, 9.17) is 5.73 Å². The Bertz CT molecular complexity index is 435. The number of nitrogens with two attached hydrogens (primary N) is 1. The molecule has 1 aromatic carbocycles. The lowest BCUT2D eigenvalue weighted by Gasteiger charge is -2.32. The Labute approximate surface area is 127 Å². The molecule has 0 aromatic heterocycles. The highest BCUT2D eigenvalue weighted by Crippen LogP contribution is 2.14. The number of carbonyl (C=O) groups is 1. The number of carbonyl (C=O) groups excluding carboxylic acids is 1. The lowest BCUT2D eigenvalue weighted by molar-refractivity contribution is -0.122. The second-order valence-corrected chi connectivity index (χ2v) is 6.01. The summed E-state index contributed by atoms with van der Waals surface area (Å²) < 4.78 is 0. The number of piperidine rings is 1. The molecule has 4 nitrogen and oxygen atoms in total. The van der Waals surface area contributed by atoms with E-state index in [9.17, 15) is 4.79 Å². The van der Waals surface area contributed by atoms with Crippen molar-refractivity contribution in [3.05, 3.63) is 35.9 Å². The van der Waals surface area contributed by atoms with Gasteiger partial charge in [-0.1, -0.05) is 36.8 Å². The van der Waals surface area contributed by atoms with Gasteiger partial charge in [0, 0.05) is 12.6 Å². The summed E-state index contributed by atoms with van der Waals surface area (Å²) in [4.78, 5) is 14.4. The van der Waals surface area contributed by atoms with Gasteiger partial charge in [-0.2, -0.15) is 0 Å². The maximum absolute atomic E-state index is 12.1. The molecular weight excluding hydrogens is 262 g/mol. The molecule has 0 spiro atoms. The lowest BCUT2D eigenvalue weighted by atomic mass is 10.0. The number of nitrogens with one attached hydrogen (secondary N) is 1. The quantitative estimate of drug-likeness (QED) is 0.835. The van der Waals surface area contributed by atoms with Gasteiger partial charge in [-0.25, -0.2) is 0 Å². The van der Waals surface area contributed by atoms with Crippen LogP contribution in [-0.4, -0.2) is 43.0 Å². The van der Waals surface area contributed by atoms with E-state index in [1.807, 2.05) is 18.2 Å². The fourth-order valence-electron chi connectivity index (χ4n) is 2.85. The monoisotopic (exact) mass is 289 g/mol. The summed E-state index contributed by atoms with van der Waals surface area (Å²) in [5.41, 5.74) is 7.22. The molecule has 2 atom stereocenters. The zero-order valence-electron chi connectivity index (χ0n) is 12.9. The minimum atomic E-state index is -0.417. The summed E-state index contributed by atoms with van der Waals surface area (Å²) in [5, 5.41) is 3.01. The normalized spacial score (nSPS) is 21.0. The SMILES string of the molecule is CN1CCCCC1CNC(=O)[C@@H](N)CCc1ccccc1. The number of hydrogen-bond donors (Lipinski definition) is 2. The van der Waals surface area contributed by atoms with E-state index in [1.54, 1.807) is 0 Å². The predicted molar refractivity (Wildman–Crippen MR) is 86.0 cm³/mol. The van der Waals surface area contributed by atoms with Crippen molar-refractivity contribution in [2.75, 3.05) is 20.1 Å². The van der Waals surface area contributed by atoms with Crippen molar-refractivity contribution in [1.82, 2.24) is 10.2 Å². The summed E-state index contributed by atoms with van der Waals surface area (Å²) in [6, 6.07) is 10.2. The van der Waals surface area contributed by atoms with E-state index in [-0.39, 0.29) is 5.91 Å². The molecule has 1 aromatic rings. The summed E-state index contributed by atoms with van der Waals surface area (Å²) in [5.74, 6) is -0.0232. The Morgan fingerprint density at radius 2 is 2.14 bits per heavy atom. The Morgan fingerprint density at radius 3 is 2.86 bits per heavy atom. The maximum Gasteiger partial charge on any atom is 0.236 e. The van der Waals surface area contributed by atoms with E-state index in [0.717, 1.165) is 19.4 Å². The van der Waals surface area contributed by atoms with Crippen LogP contribution in [0.2, 0.25) is 0 Å². The standard InChI is InChI=1S/C17H27N3O/c1-20-12-6-5-9-15(20)13-19-17(21)16(18)11-10-14-7-3-2-4-8-14/h2-4,7-8,15-16H,5-6,9-13,18H2,1H3,(H,19,21)/t15?,16-/m0/s1. The first-order valence-corrected chi connectivity index (χ1v) is 7.94. The molecule has 1 aliphatic rings. The number of benzene rings is 1. The first-order valence-electron chi connectivity index (χ1n) is 7.94. The number of hydrogen-bond acceptors (Lipinski definition) is 3. The van der Waals surface area contributed by atoms with Gasteiger partial charge >= 0.3 is 0 Å². The van der Waals surface area contributed by atoms with Crippen LogP contribution in [0.25, 0.3) is 0 Å². The van der Waals surface area contributed by atoms with Crippen LogP contribution in [0.5, 0.6) is 0 Å². The van der Waals surface area contributed by atoms with Gasteiger partial charge in [0.25, 0.3) is 0 Å². The van der Waals surface area contributed by atoms with Crippen LogP contribution in [-0.2, 0) is 11.2 Å². The zero-order valence-corrected chi connectivity index (χ0v) is 12.9. The van der Waals surface area contributed by atoms with Crippen molar-refractivity contribution in [2.45, 2.75) is 44.2 Å². The minimum absolute atomic E-state index is 0.0232. The third kappa shape index (κ3) is 5.14. The Morgan fingerprint density at radius 1 is 1.38 bits per heavy atom. The molecule has 0 aliphatic carbocycles. The third-order valence-corrected chi connectivity index (χ3v) is 4.36. The highest BCUT2D eigenvalue weighted by atomic mass is 16.2. The molecule has 116 valence electrons. The average molecular weight is 289 g/mol. The Balaban J connectivity index is 1.70. The van der Waals surface area contributed by atoms with Crippen molar-refractivity contribution in [3.63, 3.8) is 0 Å². The molecule has 2 rings (SSSR count). The van der Waals surface area contributed by atoms with Crippen molar-refractivity contribution in [2.24, 2.45) is 5.73 Å². The lowest BCUT2D eigenvalue weighted by Crippen LogP contribution is -2.48. The van der Waals surface area contributed by atoms with E-state index >= 15 is 0 Å². The van der Waals surface area contributed by atoms with Gasteiger partial charge in [0.15, 0.2) is 0 Å². The van der Waals surface area contributed by atoms with Gasteiger partial charge in [-0.3, -0.25) is 4.79 Å². The van der Waals surface area contributed by atoms with Gasteiger partial charge in [0.1, 0.15) is 0 Å². The number of likely N-dealkylation sites (N-methyl/N-ethyl adjacent to an activating group) is 1. The third-order valence-electron chi connectivity index (χ3n) is 4.36. The molecule has 1 fully saturated rings. The molecule has 1 heterocycles. The molecule has 0 saturated carbocycles. The van der Waals surface area contributed by atoms with Gasteiger partial charge in [0.05, 0.1) is 6.04 Å². The van der Waals surface area contributed by atoms with Crippen molar-refractivity contribution in [3.8, 4) is 0 Å². The highest BCUT2D eigenvalue weighted by Gasteiger charge is 2.20. The zero-order chi connectivity index (χ0) is 15.1. The van der Waals surface area contributed by atoms with Crippen molar-refractivity contribution < 1.29 is 4.79 Å². The van der Waals surface area contributed by atoms with Gasteiger partial charge < -0.3 is 16.0 Å². The van der Waals surface area contributed by atoms with Gasteiger partial charge in [0.2, 0.25) is 5.91 Å². The van der Waals surface area contributed by atoms with E-state index in [0.29, 0.717) is 19.0 Å². The van der Waals surface area contributed by atoms with Crippen LogP contribution in [0, 0.1) is 0 Å². The first kappa shape index (κ1) is 16.0. The summed E-state index contributed by atoms with van der Waals surface area (Å²) in [6.45, 7) is 1.84. The predicted octanol–water partition coefficient (Wildman–Crippen LogP) is 1.55. The second-order valence-electron chi connectivity index (χ2n) is 6.01. The number of aryl methyl sites for hydroxylation is 1. The van der Waals surface area contributed by atoms with Crippen LogP contribution >= 0.6 is 0 Å². The molecule has 21 heavy (non-hydrogen) atoms. The first-order chi connectivity index (χ1) is 10.2. The second kappa shape index (κ2) is 8.15. The van der Waals surface area contributed by atoms with Crippen LogP contribution in [0.3, 0.4) is 0 Å². The van der Waals surface area contributed by atoms with Crippen LogP contribution in [0.15, 0.2) is 30.3 Å². The Hall–Kier alpha value is -1.39. The largest absolute Gasteiger partial charge is 0.353 e. The number of nitrogens with zero attached hydrogens (tertiary/aromatic N) is 1. The van der Waals surface area contributed by atoms with Crippen molar-refractivity contribution >= 4 is 5.91 Å². The molecular formula is C17H27N3O. The van der Waals surface area contributed by atoms with E-state index in [1.165, 1.54) is 18.4 Å². The average Bonchev–Trinajstić information content (AvgIpc) is 2.52. The maximum atomic E-state index is 12.1. The molecule has 0 radical (unpaired) electrons. The van der Waals surface area contributed by atoms with Crippen molar-refractivity contribution in [1.29, 1.82) is 0 Å². The highest BCUT2D eigenvalue weighted by molar-refractivity contribution is 5.81. The molecule has 0 bridgehead atoms. The summed E-state index contributed by atoms with van der Waals surface area (Å²) >= 11 is 0. The number of likely N-dealkylation sites (tertiary alicyclic amines) is 1. The molecule has 1 amide bonds. The van der Waals surface area contributed by atoms with Crippen LogP contribution < -0.4 is 11.1 Å². The van der Waals surface area contributed by atoms with Gasteiger partial charge in [-0.15, -0.1) is 0 Å². The number of amides is 1. The van der Waals surface area contributed by atoms with E-state index < -0.39 is 6.04 Å². The Kier molecular flexibility index (Phi) is 6.21. The molecule has 1 aliphatic heterocycles. The van der Waals surface area contributed by atoms with Crippen LogP contribution in [0.1, 0.15) is 31.2 Å². The van der Waals surface area contributed by atoms with Gasteiger partial charge in [-0.05, 0) is 44.8 Å². The van der Waals surface area contributed by atoms with Crippen LogP contribution in [0.4, 0.5) is 0 Å². The molecule has 3 N–H and O–H groups in total. The number of rotatable bonds is 6. The topological polar surface area (TPSA) is 58.4 Å². The minimum Gasteiger partial charge on any atom is -0.353 e. The smallest absolute Gasteiger partial charge is 0.236 e. The fraction of sp³-hybridized carbons (Fsp3) is 0.588. The summed E-state index contributed by atoms with van der Waals surface area (Å²) in [6.07, 6.45) is 5.22. The molecule has 1 saturated heterocycles. The summed E-state index contributed by atoms with van der Waals surface area (Å²) in [7, 11) is 2.13. The van der Waals surface area contributed by atoms with E-state index in [2.05, 4.69) is 29.4 Å². The molecule has 4 heteroatoms. The molecule has 1 unspecified atom stereocenters.